The van der Waals surface area contributed by atoms with Crippen LogP contribution in [0.1, 0.15) is 51.7 Å². The Hall–Kier alpha value is -3.07. The normalized spacial score (nSPS) is 12.2. The van der Waals surface area contributed by atoms with Crippen LogP contribution in [0.3, 0.4) is 0 Å². The molecule has 0 aliphatic heterocycles. The van der Waals surface area contributed by atoms with E-state index >= 15 is 0 Å². The zero-order valence-corrected chi connectivity index (χ0v) is 23.7. The highest BCUT2D eigenvalue weighted by Crippen LogP contribution is 2.21. The number of nitrogens with one attached hydrogen (secondary N) is 1. The fourth-order valence-electron chi connectivity index (χ4n) is 3.90. The van der Waals surface area contributed by atoms with Crippen molar-refractivity contribution in [3.05, 3.63) is 59.7 Å². The van der Waals surface area contributed by atoms with E-state index in [-0.39, 0.29) is 37.2 Å². The minimum Gasteiger partial charge on any atom is -0.497 e. The van der Waals surface area contributed by atoms with Crippen LogP contribution >= 0.6 is 0 Å². The molecule has 2 aromatic rings. The van der Waals surface area contributed by atoms with Crippen molar-refractivity contribution in [2.24, 2.45) is 5.92 Å². The van der Waals surface area contributed by atoms with E-state index in [9.17, 15) is 18.0 Å². The van der Waals surface area contributed by atoms with Crippen LogP contribution < -0.4 is 14.4 Å². The van der Waals surface area contributed by atoms with Crippen molar-refractivity contribution < 1.29 is 22.7 Å². The van der Waals surface area contributed by atoms with Gasteiger partial charge in [0.15, 0.2) is 0 Å². The zero-order valence-electron chi connectivity index (χ0n) is 22.9. The maximum absolute atomic E-state index is 13.4. The summed E-state index contributed by atoms with van der Waals surface area (Å²) in [6.07, 6.45) is 2.44. The van der Waals surface area contributed by atoms with Gasteiger partial charge >= 0.3 is 0 Å². The molecule has 0 saturated heterocycles. The van der Waals surface area contributed by atoms with Crippen molar-refractivity contribution in [2.75, 3.05) is 30.8 Å². The van der Waals surface area contributed by atoms with Crippen molar-refractivity contribution in [2.45, 2.75) is 59.5 Å². The highest BCUT2D eigenvalue weighted by atomic mass is 32.2. The first-order chi connectivity index (χ1) is 17.5. The van der Waals surface area contributed by atoms with Crippen LogP contribution in [0.15, 0.2) is 48.5 Å². The Labute approximate surface area is 222 Å². The number of methoxy groups -OCH3 is 1. The van der Waals surface area contributed by atoms with Crippen LogP contribution in [0.5, 0.6) is 5.75 Å². The standard InChI is InChI=1S/C28H41N3O5S/c1-7-23-13-15-25(16-14-23)31(37(6,34)35)17-9-12-27(32)30(22(4)28(33)29-19-21(2)3)20-24-10-8-11-26(18-24)36-5/h8,10-11,13-16,18,21-22H,7,9,12,17,19-20H2,1-6H3,(H,29,33)/t22-/m1/s1. The fraction of sp³-hybridized carbons (Fsp3) is 0.500. The average Bonchev–Trinajstić information content (AvgIpc) is 2.87. The van der Waals surface area contributed by atoms with Gasteiger partial charge in [0.25, 0.3) is 0 Å². The van der Waals surface area contributed by atoms with Crippen molar-refractivity contribution >= 4 is 27.5 Å². The SMILES string of the molecule is CCc1ccc(N(CCCC(=O)N(Cc2cccc(OC)c2)[C@H](C)C(=O)NCC(C)C)S(C)(=O)=O)cc1. The summed E-state index contributed by atoms with van der Waals surface area (Å²) in [5.41, 5.74) is 2.53. The lowest BCUT2D eigenvalue weighted by molar-refractivity contribution is -0.140. The molecule has 0 unspecified atom stereocenters. The number of sulfonamides is 1. The van der Waals surface area contributed by atoms with Crippen LogP contribution in [0.4, 0.5) is 5.69 Å². The van der Waals surface area contributed by atoms with E-state index in [2.05, 4.69) is 5.32 Å². The van der Waals surface area contributed by atoms with Gasteiger partial charge in [-0.2, -0.15) is 0 Å². The number of ether oxygens (including phenoxy) is 1. The van der Waals surface area contributed by atoms with Crippen LogP contribution in [0, 0.1) is 5.92 Å². The first-order valence-corrected chi connectivity index (χ1v) is 14.6. The molecule has 2 rings (SSSR count). The number of hydrogen-bond acceptors (Lipinski definition) is 5. The third-order valence-corrected chi connectivity index (χ3v) is 7.32. The molecule has 0 heterocycles. The zero-order chi connectivity index (χ0) is 27.6. The van der Waals surface area contributed by atoms with Crippen molar-refractivity contribution in [3.63, 3.8) is 0 Å². The lowest BCUT2D eigenvalue weighted by atomic mass is 10.1. The number of hydrogen-bond donors (Lipinski definition) is 1. The van der Waals surface area contributed by atoms with Crippen LogP contribution in [0.25, 0.3) is 0 Å². The number of aryl methyl sites for hydroxylation is 1. The highest BCUT2D eigenvalue weighted by molar-refractivity contribution is 7.92. The summed E-state index contributed by atoms with van der Waals surface area (Å²) in [7, 11) is -1.95. The van der Waals surface area contributed by atoms with Gasteiger partial charge in [-0.3, -0.25) is 13.9 Å². The topological polar surface area (TPSA) is 96.0 Å². The van der Waals surface area contributed by atoms with Gasteiger partial charge in [0, 0.05) is 26.1 Å². The van der Waals surface area contributed by atoms with Gasteiger partial charge < -0.3 is 15.0 Å². The van der Waals surface area contributed by atoms with Gasteiger partial charge in [-0.15, -0.1) is 0 Å². The summed E-state index contributed by atoms with van der Waals surface area (Å²) in [5, 5.41) is 2.91. The minimum atomic E-state index is -3.53. The molecule has 8 nitrogen and oxygen atoms in total. The molecule has 0 bridgehead atoms. The summed E-state index contributed by atoms with van der Waals surface area (Å²) in [5.74, 6) is 0.510. The Balaban J connectivity index is 2.17. The number of rotatable bonds is 14. The molecule has 0 fully saturated rings. The maximum atomic E-state index is 13.4. The Morgan fingerprint density at radius 1 is 1.03 bits per heavy atom. The Morgan fingerprint density at radius 2 is 1.70 bits per heavy atom. The summed E-state index contributed by atoms with van der Waals surface area (Å²) in [4.78, 5) is 27.8. The van der Waals surface area contributed by atoms with Gasteiger partial charge in [-0.25, -0.2) is 8.42 Å². The minimum absolute atomic E-state index is 0.102. The monoisotopic (exact) mass is 531 g/mol. The molecule has 1 N–H and O–H groups in total. The molecule has 9 heteroatoms. The van der Waals surface area contributed by atoms with Crippen LogP contribution in [-0.4, -0.2) is 57.6 Å². The fourth-order valence-corrected chi connectivity index (χ4v) is 4.87. The molecule has 0 saturated carbocycles. The second-order valence-electron chi connectivity index (χ2n) is 9.65. The van der Waals surface area contributed by atoms with Crippen LogP contribution in [-0.2, 0) is 32.6 Å². The van der Waals surface area contributed by atoms with E-state index < -0.39 is 16.1 Å². The predicted molar refractivity (Wildman–Crippen MR) is 148 cm³/mol. The van der Waals surface area contributed by atoms with Gasteiger partial charge in [0.2, 0.25) is 21.8 Å². The molecule has 37 heavy (non-hydrogen) atoms. The Morgan fingerprint density at radius 3 is 2.27 bits per heavy atom. The smallest absolute Gasteiger partial charge is 0.242 e. The van der Waals surface area contributed by atoms with E-state index in [4.69, 9.17) is 4.74 Å². The van der Waals surface area contributed by atoms with Gasteiger partial charge in [0.05, 0.1) is 19.1 Å². The number of nitrogens with zero attached hydrogens (tertiary/aromatic N) is 2. The summed E-state index contributed by atoms with van der Waals surface area (Å²) in [6.45, 7) is 8.69. The van der Waals surface area contributed by atoms with Gasteiger partial charge in [-0.1, -0.05) is 45.0 Å². The number of amides is 2. The molecular formula is C28H41N3O5S. The largest absolute Gasteiger partial charge is 0.497 e. The molecule has 0 aromatic heterocycles. The average molecular weight is 532 g/mol. The third kappa shape index (κ3) is 9.39. The number of carbonyl (C=O) groups is 2. The van der Waals surface area contributed by atoms with E-state index in [1.807, 2.05) is 57.2 Å². The molecule has 2 aromatic carbocycles. The lowest BCUT2D eigenvalue weighted by Crippen LogP contribution is -2.48. The van der Waals surface area contributed by atoms with E-state index in [1.165, 1.54) is 10.6 Å². The molecular weight excluding hydrogens is 490 g/mol. The molecule has 204 valence electrons. The number of carbonyl (C=O) groups excluding carboxylic acids is 2. The quantitative estimate of drug-likeness (QED) is 0.398. The van der Waals surface area contributed by atoms with Crippen LogP contribution in [0.2, 0.25) is 0 Å². The lowest BCUT2D eigenvalue weighted by Gasteiger charge is -2.30. The van der Waals surface area contributed by atoms with E-state index in [1.54, 1.807) is 31.1 Å². The second-order valence-corrected chi connectivity index (χ2v) is 11.6. The summed E-state index contributed by atoms with van der Waals surface area (Å²) in [6, 6.07) is 14.1. The second kappa shape index (κ2) is 14.0. The van der Waals surface area contributed by atoms with E-state index in [0.29, 0.717) is 24.4 Å². The number of benzene rings is 2. The van der Waals surface area contributed by atoms with Gasteiger partial charge in [0.1, 0.15) is 11.8 Å². The molecule has 0 spiro atoms. The summed E-state index contributed by atoms with van der Waals surface area (Å²) >= 11 is 0. The maximum Gasteiger partial charge on any atom is 0.242 e. The van der Waals surface area contributed by atoms with Gasteiger partial charge in [-0.05, 0) is 61.1 Å². The van der Waals surface area contributed by atoms with E-state index in [0.717, 1.165) is 17.5 Å². The molecule has 1 atom stereocenters. The number of anilines is 1. The van der Waals surface area contributed by atoms with Crippen molar-refractivity contribution in [1.29, 1.82) is 0 Å². The Bertz CT molecular complexity index is 1130. The first-order valence-electron chi connectivity index (χ1n) is 12.7. The third-order valence-electron chi connectivity index (χ3n) is 6.12. The predicted octanol–water partition coefficient (Wildman–Crippen LogP) is 3.99. The molecule has 0 aliphatic carbocycles. The van der Waals surface area contributed by atoms with Crippen molar-refractivity contribution in [3.8, 4) is 5.75 Å². The molecule has 0 radical (unpaired) electrons. The Kier molecular flexibility index (Phi) is 11.4. The first kappa shape index (κ1) is 30.2. The highest BCUT2D eigenvalue weighted by Gasteiger charge is 2.27. The summed E-state index contributed by atoms with van der Waals surface area (Å²) < 4.78 is 31.6. The van der Waals surface area contributed by atoms with Crippen molar-refractivity contribution in [1.82, 2.24) is 10.2 Å². The molecule has 2 amide bonds. The molecule has 0 aliphatic rings.